The molecule has 1 saturated heterocycles. The van der Waals surface area contributed by atoms with E-state index in [1.54, 1.807) is 6.26 Å². The van der Waals surface area contributed by atoms with Crippen LogP contribution < -0.4 is 5.32 Å². The van der Waals surface area contributed by atoms with E-state index in [1.165, 1.54) is 18.6 Å². The highest BCUT2D eigenvalue weighted by atomic mass is 79.9. The molecule has 2 rings (SSSR count). The van der Waals surface area contributed by atoms with Crippen molar-refractivity contribution in [1.82, 2.24) is 5.32 Å². The van der Waals surface area contributed by atoms with E-state index in [0.29, 0.717) is 4.75 Å². The second-order valence-corrected chi connectivity index (χ2v) is 7.17. The molecule has 2 atom stereocenters. The second-order valence-electron chi connectivity index (χ2n) is 4.64. The maximum Gasteiger partial charge on any atom is 0.134 e. The minimum Gasteiger partial charge on any atom is -0.466 e. The van der Waals surface area contributed by atoms with E-state index in [2.05, 4.69) is 46.9 Å². The molecule has 1 N–H and O–H groups in total. The van der Waals surface area contributed by atoms with Crippen LogP contribution in [0.3, 0.4) is 0 Å². The van der Waals surface area contributed by atoms with E-state index < -0.39 is 0 Å². The van der Waals surface area contributed by atoms with Gasteiger partial charge in [-0.1, -0.05) is 0 Å². The van der Waals surface area contributed by atoms with Gasteiger partial charge in [0.25, 0.3) is 0 Å². The Bertz CT molecular complexity index is 347. The zero-order valence-electron chi connectivity index (χ0n) is 9.75. The highest BCUT2D eigenvalue weighted by molar-refractivity contribution is 9.10. The molecule has 0 saturated carbocycles. The van der Waals surface area contributed by atoms with E-state index in [1.807, 2.05) is 6.07 Å². The number of halogens is 1. The highest BCUT2D eigenvalue weighted by Crippen LogP contribution is 2.37. The van der Waals surface area contributed by atoms with Crippen LogP contribution in [0.1, 0.15) is 38.5 Å². The van der Waals surface area contributed by atoms with Gasteiger partial charge in [-0.2, -0.15) is 11.8 Å². The molecule has 90 valence electrons. The summed E-state index contributed by atoms with van der Waals surface area (Å²) in [7, 11) is 0. The first kappa shape index (κ1) is 12.5. The molecule has 0 spiro atoms. The predicted octanol–water partition coefficient (Wildman–Crippen LogP) is 3.98. The van der Waals surface area contributed by atoms with Gasteiger partial charge in [0.15, 0.2) is 0 Å². The van der Waals surface area contributed by atoms with E-state index >= 15 is 0 Å². The molecule has 1 aliphatic heterocycles. The van der Waals surface area contributed by atoms with Gasteiger partial charge in [0.05, 0.1) is 16.8 Å². The molecular formula is C12H18BrNOS. The zero-order valence-corrected chi connectivity index (χ0v) is 12.2. The summed E-state index contributed by atoms with van der Waals surface area (Å²) in [6.45, 7) is 5.54. The van der Waals surface area contributed by atoms with Gasteiger partial charge in [-0.15, -0.1) is 0 Å². The molecule has 16 heavy (non-hydrogen) atoms. The molecule has 0 bridgehead atoms. The second kappa shape index (κ2) is 5.15. The normalized spacial score (nSPS) is 27.2. The lowest BCUT2D eigenvalue weighted by molar-refractivity contribution is 0.410. The third-order valence-electron chi connectivity index (χ3n) is 3.12. The van der Waals surface area contributed by atoms with Crippen molar-refractivity contribution < 1.29 is 4.42 Å². The van der Waals surface area contributed by atoms with Crippen LogP contribution in [0.5, 0.6) is 0 Å². The number of rotatable bonds is 4. The summed E-state index contributed by atoms with van der Waals surface area (Å²) in [5.74, 6) is 2.29. The van der Waals surface area contributed by atoms with Gasteiger partial charge in [-0.3, -0.25) is 0 Å². The Morgan fingerprint density at radius 3 is 3.06 bits per heavy atom. The van der Waals surface area contributed by atoms with E-state index in [4.69, 9.17) is 4.42 Å². The number of furan rings is 1. The Morgan fingerprint density at radius 1 is 1.69 bits per heavy atom. The Hall–Kier alpha value is 0.0700. The molecule has 1 fully saturated rings. The molecule has 0 aromatic carbocycles. The van der Waals surface area contributed by atoms with Crippen molar-refractivity contribution in [2.24, 2.45) is 0 Å². The summed E-state index contributed by atoms with van der Waals surface area (Å²) >= 11 is 5.58. The lowest BCUT2D eigenvalue weighted by Crippen LogP contribution is -2.34. The fraction of sp³-hybridized carbons (Fsp3) is 0.667. The average molecular weight is 304 g/mol. The monoisotopic (exact) mass is 303 g/mol. The largest absolute Gasteiger partial charge is 0.466 e. The highest BCUT2D eigenvalue weighted by Gasteiger charge is 2.29. The Labute approximate surface area is 110 Å². The van der Waals surface area contributed by atoms with Crippen molar-refractivity contribution >= 4 is 27.7 Å². The van der Waals surface area contributed by atoms with E-state index in [9.17, 15) is 0 Å². The molecule has 1 aromatic rings. The van der Waals surface area contributed by atoms with Crippen LogP contribution in [0.25, 0.3) is 0 Å². The van der Waals surface area contributed by atoms with Crippen molar-refractivity contribution in [3.05, 3.63) is 22.6 Å². The maximum atomic E-state index is 5.46. The van der Waals surface area contributed by atoms with Crippen molar-refractivity contribution in [3.63, 3.8) is 0 Å². The molecule has 1 aliphatic rings. The number of thioether (sulfide) groups is 1. The summed E-state index contributed by atoms with van der Waals surface area (Å²) in [5, 5.41) is 3.56. The topological polar surface area (TPSA) is 25.2 Å². The first-order valence-corrected chi connectivity index (χ1v) is 7.49. The molecule has 0 radical (unpaired) electrons. The van der Waals surface area contributed by atoms with Crippen molar-refractivity contribution in [2.75, 3.05) is 12.3 Å². The molecule has 1 aromatic heterocycles. The van der Waals surface area contributed by atoms with Gasteiger partial charge in [0.1, 0.15) is 5.76 Å². The Balaban J connectivity index is 1.88. The van der Waals surface area contributed by atoms with Gasteiger partial charge in [0.2, 0.25) is 0 Å². The lowest BCUT2D eigenvalue weighted by Gasteiger charge is -2.25. The van der Waals surface area contributed by atoms with Crippen molar-refractivity contribution in [3.8, 4) is 0 Å². The average Bonchev–Trinajstić information content (AvgIpc) is 2.85. The van der Waals surface area contributed by atoms with Crippen LogP contribution in [0.15, 0.2) is 21.2 Å². The van der Waals surface area contributed by atoms with E-state index in [0.717, 1.165) is 16.8 Å². The molecule has 0 amide bonds. The van der Waals surface area contributed by atoms with E-state index in [-0.39, 0.29) is 6.04 Å². The Morgan fingerprint density at radius 2 is 2.50 bits per heavy atom. The third-order valence-corrected chi connectivity index (χ3v) is 5.31. The van der Waals surface area contributed by atoms with Crippen LogP contribution in [0, 0.1) is 0 Å². The lowest BCUT2D eigenvalue weighted by atomic mass is 10.1. The van der Waals surface area contributed by atoms with Gasteiger partial charge >= 0.3 is 0 Å². The van der Waals surface area contributed by atoms with Gasteiger partial charge < -0.3 is 9.73 Å². The molecule has 2 unspecified atom stereocenters. The van der Waals surface area contributed by atoms with Crippen LogP contribution in [0.4, 0.5) is 0 Å². The quantitative estimate of drug-likeness (QED) is 0.911. The van der Waals surface area contributed by atoms with Crippen LogP contribution in [-0.4, -0.2) is 17.0 Å². The number of hydrogen-bond acceptors (Lipinski definition) is 3. The smallest absolute Gasteiger partial charge is 0.134 e. The summed E-state index contributed by atoms with van der Waals surface area (Å²) in [6, 6.07) is 2.21. The molecule has 4 heteroatoms. The van der Waals surface area contributed by atoms with Crippen molar-refractivity contribution in [2.45, 2.75) is 37.5 Å². The molecular weight excluding hydrogens is 286 g/mol. The minimum atomic E-state index is 0.266. The van der Waals surface area contributed by atoms with Gasteiger partial charge in [-0.05, 0) is 54.4 Å². The van der Waals surface area contributed by atoms with Gasteiger partial charge in [0, 0.05) is 11.3 Å². The summed E-state index contributed by atoms with van der Waals surface area (Å²) in [6.07, 6.45) is 4.39. The first-order valence-electron chi connectivity index (χ1n) is 5.71. The number of hydrogen-bond donors (Lipinski definition) is 1. The fourth-order valence-electron chi connectivity index (χ4n) is 2.05. The summed E-state index contributed by atoms with van der Waals surface area (Å²) in [4.78, 5) is 0. The predicted molar refractivity (Wildman–Crippen MR) is 72.9 cm³/mol. The summed E-state index contributed by atoms with van der Waals surface area (Å²) < 4.78 is 6.92. The number of nitrogens with one attached hydrogen (secondary N) is 1. The summed E-state index contributed by atoms with van der Waals surface area (Å²) in [5.41, 5.74) is 0. The zero-order chi connectivity index (χ0) is 11.6. The maximum absolute atomic E-state index is 5.46. The van der Waals surface area contributed by atoms with Crippen molar-refractivity contribution in [1.29, 1.82) is 0 Å². The molecule has 2 heterocycles. The molecule has 2 nitrogen and oxygen atoms in total. The minimum absolute atomic E-state index is 0.266. The van der Waals surface area contributed by atoms with Crippen LogP contribution in [0.2, 0.25) is 0 Å². The van der Waals surface area contributed by atoms with Crippen LogP contribution in [-0.2, 0) is 0 Å². The fourth-order valence-corrected chi connectivity index (χ4v) is 3.85. The molecule has 0 aliphatic carbocycles. The van der Waals surface area contributed by atoms with Gasteiger partial charge in [-0.25, -0.2) is 0 Å². The van der Waals surface area contributed by atoms with Crippen LogP contribution >= 0.6 is 27.7 Å². The Kier molecular flexibility index (Phi) is 4.03. The standard InChI is InChI=1S/C12H18BrNOS/c1-9(11-10(13)4-6-15-11)14-8-12(2)5-3-7-16-12/h4,6,9,14H,3,5,7-8H2,1-2H3. The third kappa shape index (κ3) is 2.84. The SMILES string of the molecule is CC(NCC1(C)CCCS1)c1occc1Br. The first-order chi connectivity index (χ1) is 7.61.